The SMILES string of the molecule is CCOC(=O)C(CC=O)c1cc(F)c(O)c(F)c1. The molecule has 18 heavy (non-hydrogen) atoms. The monoisotopic (exact) mass is 258 g/mol. The van der Waals surface area contributed by atoms with E-state index in [0.717, 1.165) is 12.1 Å². The Morgan fingerprint density at radius 3 is 2.44 bits per heavy atom. The fourth-order valence-electron chi connectivity index (χ4n) is 1.49. The summed E-state index contributed by atoms with van der Waals surface area (Å²) in [6.45, 7) is 1.67. The van der Waals surface area contributed by atoms with Crippen molar-refractivity contribution in [1.82, 2.24) is 0 Å². The minimum atomic E-state index is -1.19. The van der Waals surface area contributed by atoms with Gasteiger partial charge in [0.1, 0.15) is 6.29 Å². The Hall–Kier alpha value is -1.98. The Balaban J connectivity index is 3.13. The number of carbonyl (C=O) groups is 2. The molecule has 1 atom stereocenters. The van der Waals surface area contributed by atoms with Crippen molar-refractivity contribution in [3.8, 4) is 5.75 Å². The molecule has 6 heteroatoms. The maximum atomic E-state index is 13.2. The summed E-state index contributed by atoms with van der Waals surface area (Å²) in [4.78, 5) is 22.0. The highest BCUT2D eigenvalue weighted by Crippen LogP contribution is 2.28. The van der Waals surface area contributed by atoms with Crippen LogP contribution in [0.25, 0.3) is 0 Å². The van der Waals surface area contributed by atoms with Crippen LogP contribution in [0.5, 0.6) is 5.75 Å². The Morgan fingerprint density at radius 1 is 1.44 bits per heavy atom. The van der Waals surface area contributed by atoms with Gasteiger partial charge in [-0.25, -0.2) is 8.78 Å². The third-order valence-electron chi connectivity index (χ3n) is 2.34. The van der Waals surface area contributed by atoms with E-state index < -0.39 is 29.3 Å². The quantitative estimate of drug-likeness (QED) is 0.647. The van der Waals surface area contributed by atoms with Crippen LogP contribution in [-0.4, -0.2) is 24.0 Å². The Labute approximate surface area is 102 Å². The lowest BCUT2D eigenvalue weighted by atomic mass is 9.96. The molecule has 0 aromatic heterocycles. The van der Waals surface area contributed by atoms with Crippen molar-refractivity contribution in [3.05, 3.63) is 29.3 Å². The molecule has 0 amide bonds. The number of phenols is 1. The number of rotatable bonds is 5. The first-order valence-corrected chi connectivity index (χ1v) is 5.29. The number of hydrogen-bond acceptors (Lipinski definition) is 4. The molecule has 0 aliphatic heterocycles. The second-order valence-electron chi connectivity index (χ2n) is 3.54. The molecular formula is C12H12F2O4. The first-order valence-electron chi connectivity index (χ1n) is 5.29. The first kappa shape index (κ1) is 14.1. The van der Waals surface area contributed by atoms with Crippen molar-refractivity contribution in [2.45, 2.75) is 19.3 Å². The van der Waals surface area contributed by atoms with Gasteiger partial charge >= 0.3 is 5.97 Å². The number of aldehydes is 1. The molecule has 0 bridgehead atoms. The summed E-state index contributed by atoms with van der Waals surface area (Å²) in [5.41, 5.74) is -0.0478. The van der Waals surface area contributed by atoms with Gasteiger partial charge in [-0.1, -0.05) is 0 Å². The summed E-state index contributed by atoms with van der Waals surface area (Å²) in [6, 6.07) is 1.62. The molecule has 0 radical (unpaired) electrons. The van der Waals surface area contributed by atoms with Crippen molar-refractivity contribution in [2.24, 2.45) is 0 Å². The molecule has 1 N–H and O–H groups in total. The molecule has 98 valence electrons. The number of aromatic hydroxyl groups is 1. The molecule has 1 aromatic rings. The number of phenolic OH excluding ortho intramolecular Hbond substituents is 1. The van der Waals surface area contributed by atoms with Gasteiger partial charge in [-0.3, -0.25) is 4.79 Å². The highest BCUT2D eigenvalue weighted by atomic mass is 19.1. The van der Waals surface area contributed by atoms with Crippen LogP contribution in [0.3, 0.4) is 0 Å². The smallest absolute Gasteiger partial charge is 0.313 e. The van der Waals surface area contributed by atoms with Crippen molar-refractivity contribution in [3.63, 3.8) is 0 Å². The van der Waals surface area contributed by atoms with Crippen LogP contribution in [0.4, 0.5) is 8.78 Å². The standard InChI is InChI=1S/C12H12F2O4/c1-2-18-12(17)8(3-4-15)7-5-9(13)11(16)10(14)6-7/h4-6,8,16H,2-3H2,1H3. The summed E-state index contributed by atoms with van der Waals surface area (Å²) in [6.07, 6.45) is 0.215. The topological polar surface area (TPSA) is 63.6 Å². The fraction of sp³-hybridized carbons (Fsp3) is 0.333. The van der Waals surface area contributed by atoms with E-state index in [1.54, 1.807) is 6.92 Å². The van der Waals surface area contributed by atoms with Gasteiger partial charge in [0.25, 0.3) is 0 Å². The third-order valence-corrected chi connectivity index (χ3v) is 2.34. The maximum absolute atomic E-state index is 13.2. The maximum Gasteiger partial charge on any atom is 0.313 e. The zero-order valence-corrected chi connectivity index (χ0v) is 9.65. The molecule has 4 nitrogen and oxygen atoms in total. The summed E-state index contributed by atoms with van der Waals surface area (Å²) in [5, 5.41) is 8.95. The average Bonchev–Trinajstić information content (AvgIpc) is 2.32. The predicted octanol–water partition coefficient (Wildman–Crippen LogP) is 1.91. The van der Waals surface area contributed by atoms with Crippen molar-refractivity contribution in [2.75, 3.05) is 6.61 Å². The van der Waals surface area contributed by atoms with E-state index in [-0.39, 0.29) is 18.6 Å². The second-order valence-corrected chi connectivity index (χ2v) is 3.54. The average molecular weight is 258 g/mol. The van der Waals surface area contributed by atoms with Crippen molar-refractivity contribution < 1.29 is 28.2 Å². The van der Waals surface area contributed by atoms with E-state index in [1.807, 2.05) is 0 Å². The molecule has 1 aromatic carbocycles. The zero-order chi connectivity index (χ0) is 13.7. The Kier molecular flexibility index (Phi) is 4.76. The largest absolute Gasteiger partial charge is 0.503 e. The molecule has 0 heterocycles. The Morgan fingerprint density at radius 2 is 2.00 bits per heavy atom. The van der Waals surface area contributed by atoms with E-state index in [0.29, 0.717) is 6.29 Å². The van der Waals surface area contributed by atoms with E-state index in [2.05, 4.69) is 0 Å². The van der Waals surface area contributed by atoms with Crippen molar-refractivity contribution in [1.29, 1.82) is 0 Å². The molecule has 1 unspecified atom stereocenters. The van der Waals surface area contributed by atoms with Gasteiger partial charge in [0.05, 0.1) is 12.5 Å². The molecule has 0 aliphatic carbocycles. The highest BCUT2D eigenvalue weighted by Gasteiger charge is 2.24. The van der Waals surface area contributed by atoms with Gasteiger partial charge in [-0.05, 0) is 24.6 Å². The van der Waals surface area contributed by atoms with Crippen LogP contribution in [0.2, 0.25) is 0 Å². The van der Waals surface area contributed by atoms with Crippen molar-refractivity contribution >= 4 is 12.3 Å². The van der Waals surface area contributed by atoms with Crippen LogP contribution in [0.1, 0.15) is 24.8 Å². The van der Waals surface area contributed by atoms with Crippen LogP contribution in [-0.2, 0) is 14.3 Å². The fourth-order valence-corrected chi connectivity index (χ4v) is 1.49. The molecule has 0 saturated carbocycles. The Bertz CT molecular complexity index is 436. The van der Waals surface area contributed by atoms with Crippen LogP contribution in [0.15, 0.2) is 12.1 Å². The van der Waals surface area contributed by atoms with Gasteiger partial charge in [0.15, 0.2) is 17.4 Å². The molecule has 0 aliphatic rings. The summed E-state index contributed by atoms with van der Waals surface area (Å²) in [5.74, 6) is -5.32. The third kappa shape index (κ3) is 3.03. The van der Waals surface area contributed by atoms with Gasteiger partial charge in [0.2, 0.25) is 0 Å². The lowest BCUT2D eigenvalue weighted by molar-refractivity contribution is -0.145. The number of halogens is 2. The molecule has 0 fully saturated rings. The lowest BCUT2D eigenvalue weighted by Gasteiger charge is -2.14. The summed E-state index contributed by atoms with van der Waals surface area (Å²) in [7, 11) is 0. The minimum absolute atomic E-state index is 0.0478. The number of hydrogen-bond donors (Lipinski definition) is 1. The summed E-state index contributed by atoms with van der Waals surface area (Å²) >= 11 is 0. The van der Waals surface area contributed by atoms with Crippen LogP contribution >= 0.6 is 0 Å². The normalized spacial score (nSPS) is 11.9. The first-order chi connectivity index (χ1) is 8.51. The summed E-state index contributed by atoms with van der Waals surface area (Å²) < 4.78 is 31.0. The van der Waals surface area contributed by atoms with Gasteiger partial charge < -0.3 is 14.6 Å². The molecule has 0 saturated heterocycles. The molecular weight excluding hydrogens is 246 g/mol. The number of carbonyl (C=O) groups excluding carboxylic acids is 2. The predicted molar refractivity (Wildman–Crippen MR) is 58.1 cm³/mol. The number of ether oxygens (including phenoxy) is 1. The molecule has 0 spiro atoms. The van der Waals surface area contributed by atoms with E-state index in [1.165, 1.54) is 0 Å². The second kappa shape index (κ2) is 6.09. The van der Waals surface area contributed by atoms with Gasteiger partial charge in [-0.15, -0.1) is 0 Å². The van der Waals surface area contributed by atoms with Crippen LogP contribution in [0, 0.1) is 11.6 Å². The highest BCUT2D eigenvalue weighted by molar-refractivity contribution is 5.81. The van der Waals surface area contributed by atoms with E-state index in [9.17, 15) is 18.4 Å². The number of esters is 1. The van der Waals surface area contributed by atoms with Gasteiger partial charge in [0, 0.05) is 6.42 Å². The lowest BCUT2D eigenvalue weighted by Crippen LogP contribution is -2.17. The van der Waals surface area contributed by atoms with Gasteiger partial charge in [-0.2, -0.15) is 0 Å². The zero-order valence-electron chi connectivity index (χ0n) is 9.65. The van der Waals surface area contributed by atoms with E-state index in [4.69, 9.17) is 9.84 Å². The minimum Gasteiger partial charge on any atom is -0.503 e. The number of benzene rings is 1. The van der Waals surface area contributed by atoms with Crippen LogP contribution < -0.4 is 0 Å². The van der Waals surface area contributed by atoms with E-state index >= 15 is 0 Å². The molecule has 1 rings (SSSR count).